The Balaban J connectivity index is 1.59. The van der Waals surface area contributed by atoms with Crippen molar-refractivity contribution in [3.8, 4) is 0 Å². The molecule has 1 amide bonds. The van der Waals surface area contributed by atoms with Gasteiger partial charge in [-0.05, 0) is 25.8 Å². The molecule has 0 saturated carbocycles. The van der Waals surface area contributed by atoms with Crippen LogP contribution in [0.2, 0.25) is 0 Å². The Hall–Kier alpha value is -1.36. The van der Waals surface area contributed by atoms with Gasteiger partial charge in [0.15, 0.2) is 0 Å². The van der Waals surface area contributed by atoms with E-state index in [1.807, 2.05) is 10.8 Å². The number of aryl methyl sites for hydroxylation is 1. The minimum Gasteiger partial charge on any atom is -0.355 e. The summed E-state index contributed by atoms with van der Waals surface area (Å²) in [6.45, 7) is 2.60. The minimum absolute atomic E-state index is 0.0250. The van der Waals surface area contributed by atoms with Gasteiger partial charge in [0, 0.05) is 25.5 Å². The van der Waals surface area contributed by atoms with Gasteiger partial charge in [-0.15, -0.1) is 0 Å². The van der Waals surface area contributed by atoms with Gasteiger partial charge >= 0.3 is 0 Å². The van der Waals surface area contributed by atoms with Gasteiger partial charge in [0.2, 0.25) is 5.91 Å². The topological polar surface area (TPSA) is 59.0 Å². The molecule has 0 spiro atoms. The van der Waals surface area contributed by atoms with Crippen molar-refractivity contribution in [1.82, 2.24) is 20.2 Å². The number of hydrogen-bond donors (Lipinski definition) is 2. The Bertz CT molecular complexity index is 330. The lowest BCUT2D eigenvalue weighted by Crippen LogP contribution is -2.46. The van der Waals surface area contributed by atoms with Crippen LogP contribution in [0.5, 0.6) is 0 Å². The first-order valence-electron chi connectivity index (χ1n) is 6.33. The number of nitrogens with zero attached hydrogens (tertiary/aromatic N) is 2. The molecule has 1 fully saturated rings. The van der Waals surface area contributed by atoms with Crippen LogP contribution in [-0.4, -0.2) is 34.6 Å². The lowest BCUT2D eigenvalue weighted by Gasteiger charge is -2.22. The molecule has 0 radical (unpaired) electrons. The van der Waals surface area contributed by atoms with Crippen molar-refractivity contribution in [3.63, 3.8) is 0 Å². The van der Waals surface area contributed by atoms with Crippen LogP contribution in [-0.2, 0) is 11.3 Å². The molecule has 1 aliphatic rings. The normalized spacial score (nSPS) is 20.1. The molecule has 1 unspecified atom stereocenters. The summed E-state index contributed by atoms with van der Waals surface area (Å²) in [5, 5.41) is 6.23. The van der Waals surface area contributed by atoms with E-state index in [4.69, 9.17) is 0 Å². The molecular formula is C12H20N4O. The number of aromatic nitrogens is 2. The van der Waals surface area contributed by atoms with E-state index in [9.17, 15) is 4.79 Å². The molecule has 1 saturated heterocycles. The summed E-state index contributed by atoms with van der Waals surface area (Å²) in [4.78, 5) is 15.7. The first kappa shape index (κ1) is 12.1. The number of amides is 1. The number of nitrogens with one attached hydrogen (secondary N) is 2. The second-order valence-corrected chi connectivity index (χ2v) is 4.45. The fourth-order valence-electron chi connectivity index (χ4n) is 2.09. The number of carbonyl (C=O) groups excluding carboxylic acids is 1. The molecule has 1 aromatic heterocycles. The number of hydrogen-bond acceptors (Lipinski definition) is 3. The minimum atomic E-state index is 0.0250. The van der Waals surface area contributed by atoms with Crippen LogP contribution in [0.4, 0.5) is 0 Å². The van der Waals surface area contributed by atoms with Crippen molar-refractivity contribution in [2.45, 2.75) is 38.3 Å². The lowest BCUT2D eigenvalue weighted by atomic mass is 10.0. The van der Waals surface area contributed by atoms with E-state index in [0.29, 0.717) is 0 Å². The quantitative estimate of drug-likeness (QED) is 0.733. The number of carbonyl (C=O) groups is 1. The Labute approximate surface area is 102 Å². The monoisotopic (exact) mass is 236 g/mol. The molecule has 0 aliphatic carbocycles. The Kier molecular flexibility index (Phi) is 4.55. The summed E-state index contributed by atoms with van der Waals surface area (Å²) in [5.41, 5.74) is 0. The van der Waals surface area contributed by atoms with E-state index in [1.54, 1.807) is 12.5 Å². The predicted octanol–water partition coefficient (Wildman–Crippen LogP) is 0.531. The zero-order valence-corrected chi connectivity index (χ0v) is 10.1. The highest BCUT2D eigenvalue weighted by Crippen LogP contribution is 2.06. The van der Waals surface area contributed by atoms with Crippen LogP contribution >= 0.6 is 0 Å². The molecule has 1 atom stereocenters. The third-order valence-corrected chi connectivity index (χ3v) is 3.08. The molecule has 2 heterocycles. The molecule has 0 aromatic carbocycles. The molecule has 0 bridgehead atoms. The van der Waals surface area contributed by atoms with Gasteiger partial charge in [-0.1, -0.05) is 6.42 Å². The van der Waals surface area contributed by atoms with E-state index in [1.165, 1.54) is 6.42 Å². The smallest absolute Gasteiger partial charge is 0.237 e. The summed E-state index contributed by atoms with van der Waals surface area (Å²) >= 11 is 0. The third kappa shape index (κ3) is 3.85. The Morgan fingerprint density at radius 2 is 2.47 bits per heavy atom. The largest absolute Gasteiger partial charge is 0.355 e. The van der Waals surface area contributed by atoms with Crippen molar-refractivity contribution < 1.29 is 4.79 Å². The Morgan fingerprint density at radius 1 is 1.53 bits per heavy atom. The summed E-state index contributed by atoms with van der Waals surface area (Å²) in [6, 6.07) is 0.0250. The van der Waals surface area contributed by atoms with Gasteiger partial charge in [0.25, 0.3) is 0 Å². The van der Waals surface area contributed by atoms with Gasteiger partial charge in [0.1, 0.15) is 0 Å². The van der Waals surface area contributed by atoms with Gasteiger partial charge in [-0.3, -0.25) is 4.79 Å². The van der Waals surface area contributed by atoms with Gasteiger partial charge in [-0.25, -0.2) is 4.98 Å². The average Bonchev–Trinajstić information content (AvgIpc) is 2.88. The van der Waals surface area contributed by atoms with Crippen LogP contribution < -0.4 is 10.6 Å². The van der Waals surface area contributed by atoms with Crippen LogP contribution in [0.3, 0.4) is 0 Å². The van der Waals surface area contributed by atoms with Crippen molar-refractivity contribution in [2.75, 3.05) is 13.1 Å². The zero-order chi connectivity index (χ0) is 11.9. The maximum Gasteiger partial charge on any atom is 0.237 e. The zero-order valence-electron chi connectivity index (χ0n) is 10.1. The first-order valence-corrected chi connectivity index (χ1v) is 6.33. The molecule has 2 N–H and O–H groups in total. The molecule has 1 aliphatic heterocycles. The van der Waals surface area contributed by atoms with E-state index < -0.39 is 0 Å². The van der Waals surface area contributed by atoms with Crippen LogP contribution in [0.15, 0.2) is 18.7 Å². The first-order chi connectivity index (χ1) is 8.36. The second kappa shape index (κ2) is 6.39. The maximum atomic E-state index is 11.8. The number of rotatable bonds is 5. The molecule has 1 aromatic rings. The number of piperidine rings is 1. The molecule has 5 nitrogen and oxygen atoms in total. The molecule has 17 heavy (non-hydrogen) atoms. The summed E-state index contributed by atoms with van der Waals surface area (Å²) in [5.74, 6) is 0.148. The van der Waals surface area contributed by atoms with Crippen LogP contribution in [0.25, 0.3) is 0 Å². The molecular weight excluding hydrogens is 216 g/mol. The van der Waals surface area contributed by atoms with E-state index in [2.05, 4.69) is 15.6 Å². The second-order valence-electron chi connectivity index (χ2n) is 4.45. The molecule has 5 heteroatoms. The highest BCUT2D eigenvalue weighted by Gasteiger charge is 2.19. The van der Waals surface area contributed by atoms with Gasteiger partial charge in [-0.2, -0.15) is 0 Å². The summed E-state index contributed by atoms with van der Waals surface area (Å²) < 4.78 is 2.02. The van der Waals surface area contributed by atoms with E-state index in [0.717, 1.165) is 38.9 Å². The van der Waals surface area contributed by atoms with Crippen molar-refractivity contribution >= 4 is 5.91 Å². The standard InChI is InChI=1S/C12H20N4O/c17-12(11-4-1-2-5-14-11)15-6-3-8-16-9-7-13-10-16/h7,9-11,14H,1-6,8H2,(H,15,17). The SMILES string of the molecule is O=C(NCCCn1ccnc1)C1CCCCN1. The Morgan fingerprint density at radius 3 is 3.18 bits per heavy atom. The van der Waals surface area contributed by atoms with Crippen molar-refractivity contribution in [2.24, 2.45) is 0 Å². The van der Waals surface area contributed by atoms with Crippen LogP contribution in [0, 0.1) is 0 Å². The third-order valence-electron chi connectivity index (χ3n) is 3.08. The van der Waals surface area contributed by atoms with E-state index in [-0.39, 0.29) is 11.9 Å². The highest BCUT2D eigenvalue weighted by molar-refractivity contribution is 5.81. The fourth-order valence-corrected chi connectivity index (χ4v) is 2.09. The average molecular weight is 236 g/mol. The fraction of sp³-hybridized carbons (Fsp3) is 0.667. The van der Waals surface area contributed by atoms with E-state index >= 15 is 0 Å². The molecule has 94 valence electrons. The van der Waals surface area contributed by atoms with Crippen molar-refractivity contribution in [1.29, 1.82) is 0 Å². The lowest BCUT2D eigenvalue weighted by molar-refractivity contribution is -0.123. The predicted molar refractivity (Wildman–Crippen MR) is 65.5 cm³/mol. The van der Waals surface area contributed by atoms with Gasteiger partial charge in [0.05, 0.1) is 12.4 Å². The van der Waals surface area contributed by atoms with Gasteiger partial charge < -0.3 is 15.2 Å². The maximum absolute atomic E-state index is 11.8. The van der Waals surface area contributed by atoms with Crippen molar-refractivity contribution in [3.05, 3.63) is 18.7 Å². The van der Waals surface area contributed by atoms with Crippen LogP contribution in [0.1, 0.15) is 25.7 Å². The molecule has 2 rings (SSSR count). The highest BCUT2D eigenvalue weighted by atomic mass is 16.2. The summed E-state index contributed by atoms with van der Waals surface area (Å²) in [7, 11) is 0. The summed E-state index contributed by atoms with van der Waals surface area (Å²) in [6.07, 6.45) is 9.74. The number of imidazole rings is 1.